The van der Waals surface area contributed by atoms with E-state index >= 15 is 0 Å². The van der Waals surface area contributed by atoms with Gasteiger partial charge in [-0.1, -0.05) is 18.2 Å². The first-order chi connectivity index (χ1) is 11.6. The van der Waals surface area contributed by atoms with Crippen molar-refractivity contribution in [3.8, 4) is 5.75 Å². The third kappa shape index (κ3) is 2.91. The molecule has 0 amide bonds. The van der Waals surface area contributed by atoms with Gasteiger partial charge in [-0.25, -0.2) is 4.79 Å². The van der Waals surface area contributed by atoms with Crippen molar-refractivity contribution >= 4 is 11.7 Å². The molecule has 1 atom stereocenters. The molecule has 0 aromatic heterocycles. The van der Waals surface area contributed by atoms with Crippen molar-refractivity contribution in [3.05, 3.63) is 81.7 Å². The normalized spacial score (nSPS) is 16.3. The highest BCUT2D eigenvalue weighted by atomic mass is 16.6. The highest BCUT2D eigenvalue weighted by Crippen LogP contribution is 2.35. The van der Waals surface area contributed by atoms with Crippen molar-refractivity contribution in [2.24, 2.45) is 0 Å². The molecular weight excluding hydrogens is 312 g/mol. The number of fused-ring (bicyclic) bond motifs is 1. The molecule has 1 aliphatic heterocycles. The van der Waals surface area contributed by atoms with Gasteiger partial charge in [0.2, 0.25) is 6.10 Å². The minimum Gasteiger partial charge on any atom is -0.497 e. The molecule has 0 unspecified atom stereocenters. The minimum atomic E-state index is -1.03. The topological polar surface area (TPSA) is 90.7 Å². The second-order valence-corrected chi connectivity index (χ2v) is 5.07. The summed E-state index contributed by atoms with van der Waals surface area (Å²) in [6.07, 6.45) is 0.205. The molecule has 0 saturated heterocycles. The van der Waals surface area contributed by atoms with Crippen molar-refractivity contribution in [1.29, 1.82) is 0 Å². The first-order valence-electron chi connectivity index (χ1n) is 7.15. The molecule has 1 N–H and O–H groups in total. The van der Waals surface area contributed by atoms with Gasteiger partial charge < -0.3 is 14.8 Å². The largest absolute Gasteiger partial charge is 0.497 e. The lowest BCUT2D eigenvalue weighted by atomic mass is 10.0. The number of anilines is 1. The Labute approximate surface area is 137 Å². The van der Waals surface area contributed by atoms with E-state index in [-0.39, 0.29) is 5.70 Å². The van der Waals surface area contributed by atoms with Gasteiger partial charge in [0, 0.05) is 11.3 Å². The first kappa shape index (κ1) is 15.5. The summed E-state index contributed by atoms with van der Waals surface area (Å²) in [4.78, 5) is 22.7. The van der Waals surface area contributed by atoms with Crippen LogP contribution in [0.1, 0.15) is 22.0 Å². The second kappa shape index (κ2) is 6.41. The molecule has 0 bridgehead atoms. The van der Waals surface area contributed by atoms with Gasteiger partial charge >= 0.3 is 11.7 Å². The van der Waals surface area contributed by atoms with E-state index < -0.39 is 17.0 Å². The molecular formula is C17H14N2O5. The zero-order valence-corrected chi connectivity index (χ0v) is 12.8. The molecule has 2 aromatic carbocycles. The Bertz CT molecular complexity index is 814. The van der Waals surface area contributed by atoms with Crippen molar-refractivity contribution in [2.45, 2.75) is 6.10 Å². The maximum atomic E-state index is 11.8. The summed E-state index contributed by atoms with van der Waals surface area (Å²) in [5, 5.41) is 14.3. The van der Waals surface area contributed by atoms with Gasteiger partial charge in [0.15, 0.2) is 0 Å². The van der Waals surface area contributed by atoms with Crippen LogP contribution in [0.3, 0.4) is 0 Å². The van der Waals surface area contributed by atoms with E-state index in [1.165, 1.54) is 6.20 Å². The summed E-state index contributed by atoms with van der Waals surface area (Å²) >= 11 is 0. The highest BCUT2D eigenvalue weighted by molar-refractivity contribution is 5.94. The van der Waals surface area contributed by atoms with Crippen LogP contribution in [0.2, 0.25) is 0 Å². The molecule has 0 fully saturated rings. The predicted molar refractivity (Wildman–Crippen MR) is 86.3 cm³/mol. The number of rotatable bonds is 5. The Morgan fingerprint density at radius 2 is 1.96 bits per heavy atom. The fourth-order valence-corrected chi connectivity index (χ4v) is 2.43. The number of nitrogens with one attached hydrogen (secondary N) is 1. The van der Waals surface area contributed by atoms with E-state index in [0.29, 0.717) is 22.6 Å². The van der Waals surface area contributed by atoms with E-state index in [1.807, 2.05) is 0 Å². The van der Waals surface area contributed by atoms with Crippen LogP contribution < -0.4 is 10.1 Å². The molecule has 1 heterocycles. The Kier molecular flexibility index (Phi) is 4.15. The average Bonchev–Trinajstić information content (AvgIpc) is 2.93. The van der Waals surface area contributed by atoms with Crippen molar-refractivity contribution in [1.82, 2.24) is 0 Å². The standard InChI is InChI=1S/C17H14N2O5/c1-23-12-8-6-11(7-9-12)18-10-15(19(21)22)16-13-4-2-3-5-14(13)17(20)24-16/h2-10,16,18H,1H3/b15-10+/t16-/m0/s1. The number of hydrogen-bond donors (Lipinski definition) is 1. The molecule has 7 heteroatoms. The van der Waals surface area contributed by atoms with Crippen LogP contribution in [0.15, 0.2) is 60.4 Å². The molecule has 122 valence electrons. The number of benzene rings is 2. The van der Waals surface area contributed by atoms with Crippen LogP contribution >= 0.6 is 0 Å². The summed E-state index contributed by atoms with van der Waals surface area (Å²) in [6, 6.07) is 13.5. The Hall–Kier alpha value is -3.35. The van der Waals surface area contributed by atoms with Gasteiger partial charge in [-0.3, -0.25) is 10.1 Å². The maximum Gasteiger partial charge on any atom is 0.339 e. The average molecular weight is 326 g/mol. The van der Waals surface area contributed by atoms with E-state index in [4.69, 9.17) is 9.47 Å². The minimum absolute atomic E-state index is 0.246. The van der Waals surface area contributed by atoms with Gasteiger partial charge in [0.25, 0.3) is 0 Å². The number of esters is 1. The van der Waals surface area contributed by atoms with Gasteiger partial charge in [0.05, 0.1) is 23.8 Å². The highest BCUT2D eigenvalue weighted by Gasteiger charge is 2.39. The van der Waals surface area contributed by atoms with Crippen LogP contribution in [-0.4, -0.2) is 18.0 Å². The lowest BCUT2D eigenvalue weighted by molar-refractivity contribution is -0.436. The molecule has 1 aliphatic rings. The number of nitrogens with zero attached hydrogens (tertiary/aromatic N) is 1. The third-order valence-electron chi connectivity index (χ3n) is 3.64. The number of ether oxygens (including phenoxy) is 2. The summed E-state index contributed by atoms with van der Waals surface area (Å²) < 4.78 is 10.2. The molecule has 0 aliphatic carbocycles. The molecule has 24 heavy (non-hydrogen) atoms. The van der Waals surface area contributed by atoms with Crippen LogP contribution in [0.25, 0.3) is 0 Å². The van der Waals surface area contributed by atoms with E-state index in [1.54, 1.807) is 55.6 Å². The van der Waals surface area contributed by atoms with Gasteiger partial charge in [-0.05, 0) is 30.3 Å². The van der Waals surface area contributed by atoms with Crippen LogP contribution in [0, 0.1) is 10.1 Å². The van der Waals surface area contributed by atoms with Gasteiger partial charge in [-0.2, -0.15) is 0 Å². The number of nitro groups is 1. The smallest absolute Gasteiger partial charge is 0.339 e. The number of cyclic esters (lactones) is 1. The van der Waals surface area contributed by atoms with E-state index in [9.17, 15) is 14.9 Å². The summed E-state index contributed by atoms with van der Waals surface area (Å²) in [5.41, 5.74) is 1.23. The lowest BCUT2D eigenvalue weighted by Crippen LogP contribution is -2.12. The van der Waals surface area contributed by atoms with Crippen LogP contribution in [-0.2, 0) is 4.74 Å². The summed E-state index contributed by atoms with van der Waals surface area (Å²) in [6.45, 7) is 0. The zero-order chi connectivity index (χ0) is 17.1. The summed E-state index contributed by atoms with van der Waals surface area (Å²) in [7, 11) is 1.55. The van der Waals surface area contributed by atoms with Gasteiger partial charge in [0.1, 0.15) is 5.75 Å². The van der Waals surface area contributed by atoms with Crippen LogP contribution in [0.5, 0.6) is 5.75 Å². The molecule has 2 aromatic rings. The monoisotopic (exact) mass is 326 g/mol. The number of hydrogen-bond acceptors (Lipinski definition) is 6. The Morgan fingerprint density at radius 1 is 1.25 bits per heavy atom. The third-order valence-corrected chi connectivity index (χ3v) is 3.64. The molecule has 0 radical (unpaired) electrons. The fraction of sp³-hybridized carbons (Fsp3) is 0.118. The summed E-state index contributed by atoms with van der Waals surface area (Å²) in [5.74, 6) is 0.116. The van der Waals surface area contributed by atoms with Gasteiger partial charge in [-0.15, -0.1) is 0 Å². The van der Waals surface area contributed by atoms with Crippen LogP contribution in [0.4, 0.5) is 5.69 Å². The Morgan fingerprint density at radius 3 is 2.62 bits per heavy atom. The van der Waals surface area contributed by atoms with Crippen molar-refractivity contribution in [3.63, 3.8) is 0 Å². The zero-order valence-electron chi connectivity index (χ0n) is 12.8. The fourth-order valence-electron chi connectivity index (χ4n) is 2.43. The molecule has 0 spiro atoms. The quantitative estimate of drug-likeness (QED) is 0.516. The number of carbonyl (C=O) groups is 1. The SMILES string of the molecule is COc1ccc(N/C=C(\[C@H]2OC(=O)c3ccccc32)[N+](=O)[O-])cc1. The van der Waals surface area contributed by atoms with Crippen molar-refractivity contribution < 1.29 is 19.2 Å². The number of carbonyl (C=O) groups excluding carboxylic acids is 1. The van der Waals surface area contributed by atoms with Crippen molar-refractivity contribution in [2.75, 3.05) is 12.4 Å². The second-order valence-electron chi connectivity index (χ2n) is 5.07. The predicted octanol–water partition coefficient (Wildman–Crippen LogP) is 3.14. The van der Waals surface area contributed by atoms with E-state index in [0.717, 1.165) is 0 Å². The Balaban J connectivity index is 1.87. The molecule has 3 rings (SSSR count). The lowest BCUT2D eigenvalue weighted by Gasteiger charge is -2.09. The number of methoxy groups -OCH3 is 1. The maximum absolute atomic E-state index is 11.8. The van der Waals surface area contributed by atoms with E-state index in [2.05, 4.69) is 5.32 Å². The first-order valence-corrected chi connectivity index (χ1v) is 7.15. The molecule has 0 saturated carbocycles. The molecule has 7 nitrogen and oxygen atoms in total.